The standard InChI is InChI=1S/C12H12O8/c13-7(14)6-5-1-3-11(4-2-5,8(15)16)12(6,9(17)18)10(19)20/h1,3,5-6H,2,4H2,(H,13,14)(H,15,16)(H,17,18)(H,19,20). The Labute approximate surface area is 112 Å². The molecule has 1 fully saturated rings. The lowest BCUT2D eigenvalue weighted by Gasteiger charge is -2.52. The fourth-order valence-electron chi connectivity index (χ4n) is 3.52. The topological polar surface area (TPSA) is 149 Å². The van der Waals surface area contributed by atoms with E-state index in [0.29, 0.717) is 0 Å². The van der Waals surface area contributed by atoms with Crippen LogP contribution in [0.15, 0.2) is 12.2 Å². The number of hydrogen-bond donors (Lipinski definition) is 4. The van der Waals surface area contributed by atoms with Crippen LogP contribution in [0, 0.1) is 22.7 Å². The van der Waals surface area contributed by atoms with Crippen molar-refractivity contribution in [3.8, 4) is 0 Å². The van der Waals surface area contributed by atoms with Gasteiger partial charge in [-0.25, -0.2) is 0 Å². The molecule has 20 heavy (non-hydrogen) atoms. The van der Waals surface area contributed by atoms with Crippen LogP contribution in [-0.4, -0.2) is 44.3 Å². The summed E-state index contributed by atoms with van der Waals surface area (Å²) in [6.07, 6.45) is 2.25. The van der Waals surface area contributed by atoms with Crippen molar-refractivity contribution in [3.63, 3.8) is 0 Å². The van der Waals surface area contributed by atoms with Crippen LogP contribution in [-0.2, 0) is 19.2 Å². The van der Waals surface area contributed by atoms with Crippen LogP contribution in [0.4, 0.5) is 0 Å². The molecule has 0 spiro atoms. The van der Waals surface area contributed by atoms with Gasteiger partial charge in [0.1, 0.15) is 5.41 Å². The molecule has 2 bridgehead atoms. The molecule has 3 aliphatic carbocycles. The van der Waals surface area contributed by atoms with Gasteiger partial charge >= 0.3 is 23.9 Å². The highest BCUT2D eigenvalue weighted by molar-refractivity contribution is 6.09. The average Bonchev–Trinajstić information content (AvgIpc) is 2.37. The molecule has 3 aliphatic rings. The van der Waals surface area contributed by atoms with Gasteiger partial charge in [0.05, 0.1) is 5.92 Å². The number of carboxylic acids is 4. The summed E-state index contributed by atoms with van der Waals surface area (Å²) in [5.41, 5.74) is -5.15. The fourth-order valence-corrected chi connectivity index (χ4v) is 3.52. The zero-order valence-electron chi connectivity index (χ0n) is 10.1. The van der Waals surface area contributed by atoms with Crippen molar-refractivity contribution >= 4 is 23.9 Å². The molecular formula is C12H12O8. The number of carbonyl (C=O) groups is 4. The van der Waals surface area contributed by atoms with Gasteiger partial charge in [0, 0.05) is 0 Å². The van der Waals surface area contributed by atoms with Crippen LogP contribution in [0.2, 0.25) is 0 Å². The zero-order valence-corrected chi connectivity index (χ0v) is 10.1. The first-order chi connectivity index (χ1) is 9.21. The van der Waals surface area contributed by atoms with E-state index in [1.165, 1.54) is 6.08 Å². The Kier molecular flexibility index (Phi) is 2.85. The largest absolute Gasteiger partial charge is 0.481 e. The van der Waals surface area contributed by atoms with Crippen molar-refractivity contribution in [1.82, 2.24) is 0 Å². The monoisotopic (exact) mass is 284 g/mol. The minimum Gasteiger partial charge on any atom is -0.481 e. The van der Waals surface area contributed by atoms with Crippen molar-refractivity contribution in [2.75, 3.05) is 0 Å². The molecule has 0 radical (unpaired) electrons. The van der Waals surface area contributed by atoms with Gasteiger partial charge in [-0.05, 0) is 18.8 Å². The molecule has 0 aromatic heterocycles. The maximum atomic E-state index is 11.6. The van der Waals surface area contributed by atoms with Gasteiger partial charge in [-0.15, -0.1) is 0 Å². The highest BCUT2D eigenvalue weighted by Gasteiger charge is 2.75. The average molecular weight is 284 g/mol. The number of fused-ring (bicyclic) bond motifs is 2. The molecule has 0 saturated heterocycles. The number of carboxylic acid groups (broad SMARTS) is 4. The second-order valence-electron chi connectivity index (χ2n) is 5.07. The van der Waals surface area contributed by atoms with Crippen molar-refractivity contribution in [3.05, 3.63) is 12.2 Å². The van der Waals surface area contributed by atoms with E-state index < -0.39 is 46.5 Å². The predicted octanol–water partition coefficient (Wildman–Crippen LogP) is -0.106. The third-order valence-electron chi connectivity index (χ3n) is 4.42. The molecule has 0 aromatic rings. The molecule has 0 aliphatic heterocycles. The Morgan fingerprint density at radius 3 is 1.80 bits per heavy atom. The van der Waals surface area contributed by atoms with E-state index in [1.54, 1.807) is 0 Å². The Hall–Kier alpha value is -2.38. The first kappa shape index (κ1) is 14.0. The highest BCUT2D eigenvalue weighted by Crippen LogP contribution is 2.61. The van der Waals surface area contributed by atoms with E-state index in [4.69, 9.17) is 0 Å². The second kappa shape index (κ2) is 4.06. The van der Waals surface area contributed by atoms with Crippen LogP contribution in [0.5, 0.6) is 0 Å². The van der Waals surface area contributed by atoms with Crippen LogP contribution >= 0.6 is 0 Å². The summed E-state index contributed by atoms with van der Waals surface area (Å²) in [7, 11) is 0. The van der Waals surface area contributed by atoms with Crippen molar-refractivity contribution in [2.45, 2.75) is 12.8 Å². The Morgan fingerprint density at radius 2 is 1.50 bits per heavy atom. The van der Waals surface area contributed by atoms with E-state index in [1.807, 2.05) is 0 Å². The second-order valence-corrected chi connectivity index (χ2v) is 5.07. The first-order valence-corrected chi connectivity index (χ1v) is 5.84. The minimum absolute atomic E-state index is 0.127. The van der Waals surface area contributed by atoms with E-state index >= 15 is 0 Å². The third-order valence-corrected chi connectivity index (χ3v) is 4.42. The van der Waals surface area contributed by atoms with E-state index in [9.17, 15) is 39.6 Å². The summed E-state index contributed by atoms with van der Waals surface area (Å²) in [5.74, 6) is -9.74. The molecule has 108 valence electrons. The van der Waals surface area contributed by atoms with Crippen LogP contribution in [0.3, 0.4) is 0 Å². The molecule has 4 N–H and O–H groups in total. The maximum Gasteiger partial charge on any atom is 0.323 e. The highest BCUT2D eigenvalue weighted by atomic mass is 16.4. The number of rotatable bonds is 4. The molecule has 3 rings (SSSR count). The van der Waals surface area contributed by atoms with Gasteiger partial charge in [-0.1, -0.05) is 12.2 Å². The van der Waals surface area contributed by atoms with Crippen LogP contribution < -0.4 is 0 Å². The van der Waals surface area contributed by atoms with Gasteiger partial charge in [0.2, 0.25) is 0 Å². The van der Waals surface area contributed by atoms with E-state index in [-0.39, 0.29) is 12.8 Å². The number of aliphatic carboxylic acids is 4. The van der Waals surface area contributed by atoms with Crippen molar-refractivity contribution < 1.29 is 39.6 Å². The third kappa shape index (κ3) is 1.30. The van der Waals surface area contributed by atoms with Gasteiger partial charge in [-0.3, -0.25) is 19.2 Å². The summed E-state index contributed by atoms with van der Waals surface area (Å²) in [4.78, 5) is 46.1. The smallest absolute Gasteiger partial charge is 0.323 e. The van der Waals surface area contributed by atoms with Crippen LogP contribution in [0.1, 0.15) is 12.8 Å². The summed E-state index contributed by atoms with van der Waals surface area (Å²) < 4.78 is 0. The molecule has 3 atom stereocenters. The summed E-state index contributed by atoms with van der Waals surface area (Å²) >= 11 is 0. The van der Waals surface area contributed by atoms with Crippen molar-refractivity contribution in [2.24, 2.45) is 22.7 Å². The fraction of sp³-hybridized carbons (Fsp3) is 0.500. The molecule has 0 aromatic carbocycles. The molecule has 0 amide bonds. The van der Waals surface area contributed by atoms with Gasteiger partial charge < -0.3 is 20.4 Å². The molecule has 0 heterocycles. The number of allylic oxidation sites excluding steroid dienone is 1. The lowest BCUT2D eigenvalue weighted by molar-refractivity contribution is -0.203. The van der Waals surface area contributed by atoms with Gasteiger partial charge in [0.25, 0.3) is 0 Å². The molecule has 8 heteroatoms. The lowest BCUT2D eigenvalue weighted by Crippen LogP contribution is -2.67. The maximum absolute atomic E-state index is 11.6. The summed E-state index contributed by atoms with van der Waals surface area (Å²) in [6, 6.07) is 0. The zero-order chi connectivity index (χ0) is 15.3. The Bertz CT molecular complexity index is 534. The summed E-state index contributed by atoms with van der Waals surface area (Å²) in [6.45, 7) is 0. The minimum atomic E-state index is -2.90. The number of hydrogen-bond acceptors (Lipinski definition) is 4. The Balaban J connectivity index is 2.84. The normalized spacial score (nSPS) is 33.6. The van der Waals surface area contributed by atoms with Crippen molar-refractivity contribution in [1.29, 1.82) is 0 Å². The molecular weight excluding hydrogens is 272 g/mol. The predicted molar refractivity (Wildman–Crippen MR) is 60.8 cm³/mol. The SMILES string of the molecule is O=C(O)C1C2C=CC(C(=O)O)(CC2)C1(C(=O)O)C(=O)O. The summed E-state index contributed by atoms with van der Waals surface area (Å²) in [5, 5.41) is 37.4. The van der Waals surface area contributed by atoms with Crippen LogP contribution in [0.25, 0.3) is 0 Å². The molecule has 3 unspecified atom stereocenters. The van der Waals surface area contributed by atoms with Gasteiger partial charge in [-0.2, -0.15) is 0 Å². The van der Waals surface area contributed by atoms with E-state index in [0.717, 1.165) is 6.08 Å². The Morgan fingerprint density at radius 1 is 0.950 bits per heavy atom. The quantitative estimate of drug-likeness (QED) is 0.412. The van der Waals surface area contributed by atoms with Gasteiger partial charge in [0.15, 0.2) is 5.41 Å². The molecule has 1 saturated carbocycles. The first-order valence-electron chi connectivity index (χ1n) is 5.84. The lowest BCUT2D eigenvalue weighted by atomic mass is 9.45. The molecule has 8 nitrogen and oxygen atoms in total. The van der Waals surface area contributed by atoms with E-state index in [2.05, 4.69) is 0 Å².